The highest BCUT2D eigenvalue weighted by molar-refractivity contribution is 6.10. The molecule has 0 saturated carbocycles. The van der Waals surface area contributed by atoms with Crippen LogP contribution in [0.3, 0.4) is 0 Å². The molecule has 1 heterocycles. The summed E-state index contributed by atoms with van der Waals surface area (Å²) in [5.74, 6) is 0. The molecule has 27 heavy (non-hydrogen) atoms. The maximum atomic E-state index is 2.36. The van der Waals surface area contributed by atoms with Crippen molar-refractivity contribution in [3.63, 3.8) is 0 Å². The highest BCUT2D eigenvalue weighted by atomic mass is 15.0. The van der Waals surface area contributed by atoms with Gasteiger partial charge in [-0.1, -0.05) is 66.2 Å². The van der Waals surface area contributed by atoms with E-state index in [0.717, 1.165) is 0 Å². The topological polar surface area (TPSA) is 4.93 Å². The number of benzene rings is 4. The largest absolute Gasteiger partial charge is 0.309 e. The molecule has 0 spiro atoms. The number of hydrogen-bond donors (Lipinski definition) is 0. The minimum Gasteiger partial charge on any atom is -0.309 e. The Balaban J connectivity index is 1.84. The fourth-order valence-electron chi connectivity index (χ4n) is 4.04. The van der Waals surface area contributed by atoms with Crippen molar-refractivity contribution >= 4 is 21.8 Å². The van der Waals surface area contributed by atoms with Gasteiger partial charge in [-0.15, -0.1) is 0 Å². The van der Waals surface area contributed by atoms with Gasteiger partial charge in [0.2, 0.25) is 0 Å². The van der Waals surface area contributed by atoms with Crippen LogP contribution in [0.2, 0.25) is 0 Å². The summed E-state index contributed by atoms with van der Waals surface area (Å²) in [4.78, 5) is 0. The number of rotatable bonds is 2. The lowest BCUT2D eigenvalue weighted by atomic mass is 9.97. The second-order valence-electron chi connectivity index (χ2n) is 7.24. The van der Waals surface area contributed by atoms with Crippen LogP contribution in [0, 0.1) is 13.8 Å². The maximum absolute atomic E-state index is 2.36. The summed E-state index contributed by atoms with van der Waals surface area (Å²) in [6.45, 7) is 4.34. The monoisotopic (exact) mass is 347 g/mol. The molecule has 4 aromatic carbocycles. The minimum atomic E-state index is 1.20. The highest BCUT2D eigenvalue weighted by Gasteiger charge is 2.13. The van der Waals surface area contributed by atoms with E-state index in [1.807, 2.05) is 0 Å². The average Bonchev–Trinajstić information content (AvgIpc) is 3.04. The Bertz CT molecular complexity index is 1280. The quantitative estimate of drug-likeness (QED) is 0.322. The van der Waals surface area contributed by atoms with Crippen LogP contribution in [-0.2, 0) is 0 Å². The molecule has 0 aliphatic rings. The zero-order chi connectivity index (χ0) is 18.4. The predicted molar refractivity (Wildman–Crippen MR) is 116 cm³/mol. The Kier molecular flexibility index (Phi) is 3.61. The van der Waals surface area contributed by atoms with Crippen molar-refractivity contribution in [1.29, 1.82) is 0 Å². The average molecular weight is 347 g/mol. The number of para-hydroxylation sites is 2. The lowest BCUT2D eigenvalue weighted by molar-refractivity contribution is 1.18. The number of aryl methyl sites for hydroxylation is 2. The van der Waals surface area contributed by atoms with Crippen LogP contribution >= 0.6 is 0 Å². The predicted octanol–water partition coefficient (Wildman–Crippen LogP) is 7.07. The van der Waals surface area contributed by atoms with Gasteiger partial charge in [-0.25, -0.2) is 0 Å². The van der Waals surface area contributed by atoms with Gasteiger partial charge >= 0.3 is 0 Å². The van der Waals surface area contributed by atoms with Crippen LogP contribution in [0.25, 0.3) is 38.6 Å². The van der Waals surface area contributed by atoms with Crippen molar-refractivity contribution in [3.8, 4) is 16.8 Å². The van der Waals surface area contributed by atoms with Crippen molar-refractivity contribution < 1.29 is 0 Å². The summed E-state index contributed by atoms with van der Waals surface area (Å²) in [5, 5.41) is 2.59. The molecule has 0 aliphatic carbocycles. The molecule has 0 radical (unpaired) electrons. The van der Waals surface area contributed by atoms with E-state index in [9.17, 15) is 0 Å². The van der Waals surface area contributed by atoms with Gasteiger partial charge in [0.1, 0.15) is 0 Å². The summed E-state index contributed by atoms with van der Waals surface area (Å²) in [6.07, 6.45) is 0. The SMILES string of the molecule is Cc1ccc(C)c(-c2ccc3c(c2)c2ccccc2n3-c2ccccc2)c1. The Morgan fingerprint density at radius 1 is 0.593 bits per heavy atom. The summed E-state index contributed by atoms with van der Waals surface area (Å²) in [6, 6.07) is 32.8. The number of hydrogen-bond acceptors (Lipinski definition) is 0. The second-order valence-corrected chi connectivity index (χ2v) is 7.24. The molecule has 0 bridgehead atoms. The lowest BCUT2D eigenvalue weighted by Crippen LogP contribution is -1.93. The zero-order valence-corrected chi connectivity index (χ0v) is 15.6. The van der Waals surface area contributed by atoms with Gasteiger partial charge in [0.15, 0.2) is 0 Å². The lowest BCUT2D eigenvalue weighted by Gasteiger charge is -2.10. The molecule has 1 nitrogen and oxygen atoms in total. The van der Waals surface area contributed by atoms with E-state index in [4.69, 9.17) is 0 Å². The number of aromatic nitrogens is 1. The van der Waals surface area contributed by atoms with E-state index in [2.05, 4.69) is 109 Å². The molecule has 130 valence electrons. The molecule has 5 aromatic rings. The molecule has 0 amide bonds. The smallest absolute Gasteiger partial charge is 0.0541 e. The fourth-order valence-corrected chi connectivity index (χ4v) is 4.04. The van der Waals surface area contributed by atoms with Crippen LogP contribution in [0.15, 0.2) is 91.0 Å². The highest BCUT2D eigenvalue weighted by Crippen LogP contribution is 2.35. The van der Waals surface area contributed by atoms with Gasteiger partial charge in [0, 0.05) is 16.5 Å². The van der Waals surface area contributed by atoms with Gasteiger partial charge in [0.05, 0.1) is 11.0 Å². The Morgan fingerprint density at radius 2 is 1.33 bits per heavy atom. The van der Waals surface area contributed by atoms with Crippen molar-refractivity contribution in [3.05, 3.63) is 102 Å². The van der Waals surface area contributed by atoms with E-state index in [1.54, 1.807) is 0 Å². The minimum absolute atomic E-state index is 1.20. The molecule has 1 aromatic heterocycles. The molecule has 0 atom stereocenters. The number of fused-ring (bicyclic) bond motifs is 3. The molecule has 1 heteroatoms. The molecule has 0 aliphatic heterocycles. The molecular formula is C26H21N. The van der Waals surface area contributed by atoms with Crippen molar-refractivity contribution in [2.45, 2.75) is 13.8 Å². The summed E-state index contributed by atoms with van der Waals surface area (Å²) in [7, 11) is 0. The third-order valence-corrected chi connectivity index (χ3v) is 5.39. The van der Waals surface area contributed by atoms with E-state index >= 15 is 0 Å². The molecular weight excluding hydrogens is 326 g/mol. The summed E-state index contributed by atoms with van der Waals surface area (Å²) >= 11 is 0. The summed E-state index contributed by atoms with van der Waals surface area (Å²) in [5.41, 5.74) is 8.89. The molecule has 0 unspecified atom stereocenters. The zero-order valence-electron chi connectivity index (χ0n) is 15.6. The normalized spacial score (nSPS) is 11.3. The van der Waals surface area contributed by atoms with Crippen LogP contribution in [-0.4, -0.2) is 4.57 Å². The van der Waals surface area contributed by atoms with E-state index in [1.165, 1.54) is 49.7 Å². The first kappa shape index (κ1) is 15.9. The maximum Gasteiger partial charge on any atom is 0.0541 e. The van der Waals surface area contributed by atoms with Crippen LogP contribution in [0.4, 0.5) is 0 Å². The van der Waals surface area contributed by atoms with Gasteiger partial charge in [-0.2, -0.15) is 0 Å². The molecule has 0 saturated heterocycles. The van der Waals surface area contributed by atoms with Crippen molar-refractivity contribution in [1.82, 2.24) is 4.57 Å². The first-order chi connectivity index (χ1) is 13.2. The van der Waals surface area contributed by atoms with Gasteiger partial charge < -0.3 is 4.57 Å². The first-order valence-corrected chi connectivity index (χ1v) is 9.38. The van der Waals surface area contributed by atoms with Gasteiger partial charge in [-0.3, -0.25) is 0 Å². The van der Waals surface area contributed by atoms with E-state index in [-0.39, 0.29) is 0 Å². The standard InChI is InChI=1S/C26H21N/c1-18-12-13-19(2)23(16-18)20-14-15-26-24(17-20)22-10-6-7-11-25(22)27(26)21-8-4-3-5-9-21/h3-17H,1-2H3. The van der Waals surface area contributed by atoms with Crippen molar-refractivity contribution in [2.75, 3.05) is 0 Å². The Labute approximate surface area is 159 Å². The van der Waals surface area contributed by atoms with Crippen molar-refractivity contribution in [2.24, 2.45) is 0 Å². The van der Waals surface area contributed by atoms with Crippen LogP contribution in [0.5, 0.6) is 0 Å². The van der Waals surface area contributed by atoms with Gasteiger partial charge in [0.25, 0.3) is 0 Å². The second kappa shape index (κ2) is 6.14. The molecule has 0 N–H and O–H groups in total. The first-order valence-electron chi connectivity index (χ1n) is 9.38. The summed E-state index contributed by atoms with van der Waals surface area (Å²) < 4.78 is 2.36. The number of nitrogens with zero attached hydrogens (tertiary/aromatic N) is 1. The Morgan fingerprint density at radius 3 is 2.19 bits per heavy atom. The van der Waals surface area contributed by atoms with Crippen LogP contribution in [0.1, 0.15) is 11.1 Å². The third kappa shape index (κ3) is 2.55. The van der Waals surface area contributed by atoms with E-state index < -0.39 is 0 Å². The molecule has 5 rings (SSSR count). The third-order valence-electron chi connectivity index (χ3n) is 5.39. The Hall–Kier alpha value is -3.32. The molecule has 0 fully saturated rings. The van der Waals surface area contributed by atoms with E-state index in [0.29, 0.717) is 0 Å². The fraction of sp³-hybridized carbons (Fsp3) is 0.0769. The van der Waals surface area contributed by atoms with Crippen LogP contribution < -0.4 is 0 Å². The van der Waals surface area contributed by atoms with Gasteiger partial charge in [-0.05, 0) is 60.9 Å².